The number of hydrogen-bond donors (Lipinski definition) is 24. The van der Waals surface area contributed by atoms with Crippen molar-refractivity contribution >= 4 is 35.4 Å². The second-order valence-electron chi connectivity index (χ2n) is 37.8. The van der Waals surface area contributed by atoms with Gasteiger partial charge < -0.3 is 185 Å². The number of rotatable bonds is 69. The molecule has 42 nitrogen and oxygen atoms in total. The van der Waals surface area contributed by atoms with Crippen molar-refractivity contribution in [2.45, 2.75) is 499 Å². The van der Waals surface area contributed by atoms with Crippen molar-refractivity contribution in [2.75, 3.05) is 46.2 Å². The fraction of sp³-hybridized carbons (Fsp3) is 0.935. The number of hydrogen-bond acceptors (Lipinski definition) is 37. The number of aliphatic carboxylic acids is 2. The molecule has 34 unspecified atom stereocenters. The molecule has 6 fully saturated rings. The van der Waals surface area contributed by atoms with Gasteiger partial charge in [-0.3, -0.25) is 14.4 Å². The number of nitrogens with one attached hydrogen (secondary N) is 3. The molecule has 34 atom stereocenters. The maximum atomic E-state index is 14.1. The first kappa shape index (κ1) is 119. The minimum atomic E-state index is -3.48. The monoisotopic (exact) mass is 1950 g/mol. The van der Waals surface area contributed by atoms with Crippen LogP contribution in [0.4, 0.5) is 0 Å². The number of carboxylic acid groups (broad SMARTS) is 2. The minimum Gasteiger partial charge on any atom is -0.477 e. The summed E-state index contributed by atoms with van der Waals surface area (Å²) in [6.45, 7) is -0.491. The Morgan fingerprint density at radius 2 is 0.719 bits per heavy atom. The molecule has 788 valence electrons. The molecule has 0 aromatic carbocycles. The Balaban J connectivity index is 1.23. The van der Waals surface area contributed by atoms with Crippen molar-refractivity contribution in [3.63, 3.8) is 0 Å². The van der Waals surface area contributed by atoms with Crippen LogP contribution in [0.25, 0.3) is 0 Å². The second-order valence-corrected chi connectivity index (χ2v) is 37.8. The highest BCUT2D eigenvalue weighted by atomic mass is 16.8. The Labute approximate surface area is 792 Å². The highest BCUT2D eigenvalue weighted by molar-refractivity contribution is 5.78. The lowest BCUT2D eigenvalue weighted by molar-refractivity contribution is -0.408. The lowest BCUT2D eigenvalue weighted by Gasteiger charge is -2.53. The fourth-order valence-corrected chi connectivity index (χ4v) is 18.9. The molecule has 0 aliphatic carbocycles. The van der Waals surface area contributed by atoms with E-state index in [9.17, 15) is 136 Å². The quantitative estimate of drug-likeness (QED) is 0.0370. The molecule has 0 bridgehead atoms. The zero-order chi connectivity index (χ0) is 99.5. The van der Waals surface area contributed by atoms with Crippen LogP contribution in [0.2, 0.25) is 0 Å². The van der Waals surface area contributed by atoms with Crippen molar-refractivity contribution < 1.29 is 193 Å². The predicted octanol–water partition coefficient (Wildman–Crippen LogP) is 0.567. The van der Waals surface area contributed by atoms with E-state index in [0.29, 0.717) is 12.8 Å². The summed E-state index contributed by atoms with van der Waals surface area (Å²) in [5.74, 6) is -16.0. The van der Waals surface area contributed by atoms with Crippen LogP contribution in [0.15, 0.2) is 0 Å². The first-order valence-electron chi connectivity index (χ1n) is 49.8. The molecule has 6 aliphatic heterocycles. The first-order chi connectivity index (χ1) is 64.6. The Hall–Kier alpha value is -4.22. The summed E-state index contributed by atoms with van der Waals surface area (Å²) in [6, 6.07) is -4.68. The van der Waals surface area contributed by atoms with Gasteiger partial charge >= 0.3 is 11.9 Å². The molecule has 0 saturated carbocycles. The Morgan fingerprint density at radius 3 is 1.10 bits per heavy atom. The van der Waals surface area contributed by atoms with E-state index in [1.165, 1.54) is 154 Å². The summed E-state index contributed by atoms with van der Waals surface area (Å²) in [6.07, 6.45) is -22.9. The molecule has 0 spiro atoms. The van der Waals surface area contributed by atoms with Crippen LogP contribution in [0.3, 0.4) is 0 Å². The van der Waals surface area contributed by atoms with E-state index in [4.69, 9.17) is 56.8 Å². The summed E-state index contributed by atoms with van der Waals surface area (Å²) in [5.41, 5.74) is 0. The summed E-state index contributed by atoms with van der Waals surface area (Å²) in [5, 5.41) is 246. The van der Waals surface area contributed by atoms with E-state index < -0.39 is 302 Å². The molecule has 24 N–H and O–H groups in total. The maximum Gasteiger partial charge on any atom is 0.364 e. The lowest BCUT2D eigenvalue weighted by atomic mass is 9.86. The third-order valence-corrected chi connectivity index (χ3v) is 26.7. The lowest BCUT2D eigenvalue weighted by Crippen LogP contribution is -2.71. The van der Waals surface area contributed by atoms with E-state index >= 15 is 0 Å². The summed E-state index contributed by atoms with van der Waals surface area (Å²) >= 11 is 0. The van der Waals surface area contributed by atoms with Crippen LogP contribution in [0.5, 0.6) is 0 Å². The summed E-state index contributed by atoms with van der Waals surface area (Å²) in [7, 11) is 0. The molecule has 3 amide bonds. The molecule has 6 saturated heterocycles. The standard InChI is InChI=1S/C93H167N3O39/c1-6-8-10-12-14-16-18-20-21-22-23-24-25-26-27-28-29-31-33-35-37-39-41-43-68(111)96-58(59(106)42-40-38-36-34-32-30-19-17-15-13-11-9-7-2)53-124-87-76(117)75(116)80(66(51-101)127-87)130-89-78(119)85(135-93(91(122)123)46-61(108)70(95-56(5)105)83(133-93)72(113)63(110)48-98)81(67(52-102)128-89)131-86-57(44-54(3)103)79(73(114)64(49-99)125-86)129-88-77(118)84(74(115)65(50-100)126-88)134-92(90(120)121)45-60(107)69(94-55(4)104)82(132-92)71(112)62(109)47-97/h57-67,69-89,97-102,106-110,112-119H,6-53H2,1-5H3,(H,94,104)(H,95,105)(H,96,111)(H,120,121)(H,122,123). The number of aliphatic hydroxyl groups is 19. The van der Waals surface area contributed by atoms with Crippen LogP contribution < -0.4 is 16.0 Å². The van der Waals surface area contributed by atoms with Crippen molar-refractivity contribution in [3.8, 4) is 0 Å². The van der Waals surface area contributed by atoms with Crippen molar-refractivity contribution in [3.05, 3.63) is 0 Å². The van der Waals surface area contributed by atoms with E-state index in [0.717, 1.165) is 85.0 Å². The highest BCUT2D eigenvalue weighted by Crippen LogP contribution is 2.45. The van der Waals surface area contributed by atoms with Crippen LogP contribution in [0, 0.1) is 5.92 Å². The van der Waals surface area contributed by atoms with Crippen molar-refractivity contribution in [1.82, 2.24) is 16.0 Å². The largest absolute Gasteiger partial charge is 0.477 e. The normalized spacial score (nSPS) is 33.7. The third kappa shape index (κ3) is 37.2. The predicted molar refractivity (Wildman–Crippen MR) is 478 cm³/mol. The maximum absolute atomic E-state index is 14.1. The van der Waals surface area contributed by atoms with Crippen LogP contribution >= 0.6 is 0 Å². The van der Waals surface area contributed by atoms with Gasteiger partial charge in [0.2, 0.25) is 17.7 Å². The zero-order valence-corrected chi connectivity index (χ0v) is 79.7. The van der Waals surface area contributed by atoms with E-state index in [1.807, 2.05) is 0 Å². The zero-order valence-electron chi connectivity index (χ0n) is 79.7. The van der Waals surface area contributed by atoms with Crippen molar-refractivity contribution in [1.29, 1.82) is 0 Å². The average molecular weight is 1950 g/mol. The molecule has 0 aromatic rings. The molecule has 6 rings (SSSR count). The minimum absolute atomic E-state index is 0.123. The number of carbonyl (C=O) groups is 6. The number of aliphatic hydroxyl groups excluding tert-OH is 19. The summed E-state index contributed by atoms with van der Waals surface area (Å²) in [4.78, 5) is 80.0. The molecule has 135 heavy (non-hydrogen) atoms. The molecule has 42 heteroatoms. The third-order valence-electron chi connectivity index (χ3n) is 26.7. The fourth-order valence-electron chi connectivity index (χ4n) is 18.9. The van der Waals surface area contributed by atoms with Gasteiger partial charge in [-0.1, -0.05) is 239 Å². The molecule has 0 aromatic heterocycles. The number of carbonyl (C=O) groups excluding carboxylic acids is 4. The number of unbranched alkanes of at least 4 members (excludes halogenated alkanes) is 34. The molecule has 6 aliphatic rings. The Bertz CT molecular complexity index is 3300. The van der Waals surface area contributed by atoms with Gasteiger partial charge in [-0.15, -0.1) is 0 Å². The Kier molecular flexibility index (Phi) is 55.8. The van der Waals surface area contributed by atoms with Gasteiger partial charge in [0, 0.05) is 45.4 Å². The topological polar surface area (TPSA) is 674 Å². The van der Waals surface area contributed by atoms with Gasteiger partial charge in [-0.05, 0) is 19.8 Å². The van der Waals surface area contributed by atoms with Gasteiger partial charge in [-0.25, -0.2) is 9.59 Å². The molecular weight excluding hydrogens is 1780 g/mol. The first-order valence-corrected chi connectivity index (χ1v) is 49.8. The number of amides is 3. The molecular formula is C93H167N3O39. The van der Waals surface area contributed by atoms with Crippen LogP contribution in [0.1, 0.15) is 298 Å². The van der Waals surface area contributed by atoms with E-state index in [1.54, 1.807) is 0 Å². The average Bonchev–Trinajstić information content (AvgIpc) is 0.748. The number of carboxylic acids is 2. The Morgan fingerprint density at radius 1 is 0.378 bits per heavy atom. The van der Waals surface area contributed by atoms with Crippen molar-refractivity contribution in [2.24, 2.45) is 5.92 Å². The van der Waals surface area contributed by atoms with Crippen LogP contribution in [-0.4, -0.2) is 390 Å². The summed E-state index contributed by atoms with van der Waals surface area (Å²) < 4.78 is 73.0. The van der Waals surface area contributed by atoms with Gasteiger partial charge in [0.05, 0.1) is 88.8 Å². The van der Waals surface area contributed by atoms with Crippen LogP contribution in [-0.2, 0) is 85.6 Å². The number of Topliss-reactive ketones (excluding diaryl/α,β-unsaturated/α-hetero) is 1. The van der Waals surface area contributed by atoms with E-state index in [2.05, 4.69) is 29.8 Å². The smallest absolute Gasteiger partial charge is 0.364 e. The highest BCUT2D eigenvalue weighted by Gasteiger charge is 2.64. The van der Waals surface area contributed by atoms with Gasteiger partial charge in [0.15, 0.2) is 25.2 Å². The van der Waals surface area contributed by atoms with Gasteiger partial charge in [0.25, 0.3) is 11.6 Å². The van der Waals surface area contributed by atoms with Gasteiger partial charge in [0.1, 0.15) is 128 Å². The number of ether oxygens (including phenoxy) is 12. The SMILES string of the molecule is CCCCCCCCCCCCCCCCCCCCCCCCCC(=O)NC(COC1OC(CO)C(OC2OC(CO)C(OC3OC(CO)C(O)C(OC4OC(CO)C(O)C(OC5(C(=O)O)CC(O)C(NC(C)=O)C(C(O)C(O)CO)O5)C4O)C3CC(C)=O)C(OC3(C(=O)O)CC(O)C(NC(C)=O)C(C(O)C(O)CO)O3)C2O)C(O)C1O)C(O)CCCCCCCCCCCCCCC. The second kappa shape index (κ2) is 63.0. The molecule has 0 radical (unpaired) electrons. The van der Waals surface area contributed by atoms with E-state index in [-0.39, 0.29) is 18.7 Å². The molecule has 6 heterocycles. The number of ketones is 1. The van der Waals surface area contributed by atoms with Gasteiger partial charge in [-0.2, -0.15) is 0 Å².